The number of ether oxygens (including phenoxy) is 3. The normalized spacial score (nSPS) is 18.7. The van der Waals surface area contributed by atoms with Crippen molar-refractivity contribution < 1.29 is 14.2 Å². The fourth-order valence-electron chi connectivity index (χ4n) is 4.83. The van der Waals surface area contributed by atoms with Crippen LogP contribution in [0.2, 0.25) is 5.02 Å². The van der Waals surface area contributed by atoms with E-state index < -0.39 is 6.23 Å². The summed E-state index contributed by atoms with van der Waals surface area (Å²) in [4.78, 5) is 0. The minimum absolute atomic E-state index is 0.0158. The van der Waals surface area contributed by atoms with Crippen LogP contribution in [0, 0.1) is 0 Å². The van der Waals surface area contributed by atoms with Crippen LogP contribution in [0.25, 0.3) is 10.8 Å². The van der Waals surface area contributed by atoms with Crippen molar-refractivity contribution in [2.24, 2.45) is 5.10 Å². The molecule has 0 N–H and O–H groups in total. The zero-order valence-electron chi connectivity index (χ0n) is 18.9. The molecule has 6 rings (SSSR count). The van der Waals surface area contributed by atoms with Gasteiger partial charge in [-0.05, 0) is 58.8 Å². The molecular weight excluding hydrogens is 448 g/mol. The molecule has 0 unspecified atom stereocenters. The average Bonchev–Trinajstić information content (AvgIpc) is 3.33. The van der Waals surface area contributed by atoms with Crippen molar-refractivity contribution in [3.8, 4) is 17.2 Å². The molecule has 2 aliphatic heterocycles. The Bertz CT molecular complexity index is 1430. The van der Waals surface area contributed by atoms with Gasteiger partial charge in [-0.3, -0.25) is 0 Å². The molecule has 0 radical (unpaired) electrons. The topological polar surface area (TPSA) is 43.3 Å². The number of rotatable bonds is 4. The Hall–Kier alpha value is -3.70. The molecule has 0 bridgehead atoms. The summed E-state index contributed by atoms with van der Waals surface area (Å²) in [5.74, 6) is 2.15. The van der Waals surface area contributed by atoms with Gasteiger partial charge in [0.2, 0.25) is 6.23 Å². The van der Waals surface area contributed by atoms with Crippen molar-refractivity contribution in [2.45, 2.75) is 18.7 Å². The minimum Gasteiger partial charge on any atom is -0.493 e. The van der Waals surface area contributed by atoms with Crippen LogP contribution in [0.5, 0.6) is 17.2 Å². The zero-order chi connectivity index (χ0) is 23.2. The molecule has 0 aliphatic carbocycles. The Balaban J connectivity index is 1.45. The summed E-state index contributed by atoms with van der Waals surface area (Å²) >= 11 is 6.37. The Kier molecular flexibility index (Phi) is 5.07. The molecular formula is C28H23ClN2O3. The molecule has 2 heterocycles. The first-order valence-corrected chi connectivity index (χ1v) is 11.6. The van der Waals surface area contributed by atoms with Gasteiger partial charge in [0.15, 0.2) is 11.5 Å². The molecule has 2 aliphatic rings. The highest BCUT2D eigenvalue weighted by atomic mass is 35.5. The van der Waals surface area contributed by atoms with Gasteiger partial charge in [-0.25, -0.2) is 5.01 Å². The Labute approximate surface area is 203 Å². The third-order valence-electron chi connectivity index (χ3n) is 6.53. The van der Waals surface area contributed by atoms with Crippen LogP contribution in [0.4, 0.5) is 0 Å². The van der Waals surface area contributed by atoms with E-state index in [1.54, 1.807) is 14.2 Å². The van der Waals surface area contributed by atoms with E-state index in [0.29, 0.717) is 16.5 Å². The average molecular weight is 471 g/mol. The molecule has 4 aromatic rings. The second kappa shape index (κ2) is 8.26. The van der Waals surface area contributed by atoms with Crippen molar-refractivity contribution in [3.05, 3.63) is 101 Å². The monoisotopic (exact) mass is 470 g/mol. The van der Waals surface area contributed by atoms with Gasteiger partial charge >= 0.3 is 0 Å². The third-order valence-corrected chi connectivity index (χ3v) is 6.76. The number of hydrogen-bond acceptors (Lipinski definition) is 5. The molecule has 5 nitrogen and oxygen atoms in total. The van der Waals surface area contributed by atoms with E-state index in [0.717, 1.165) is 34.6 Å². The van der Waals surface area contributed by atoms with E-state index in [1.165, 1.54) is 10.8 Å². The van der Waals surface area contributed by atoms with E-state index in [9.17, 15) is 0 Å². The molecule has 6 heteroatoms. The standard InChI is InChI=1S/C28H23ClN2O3/c1-32-26-11-9-20(14-27(26)33-2)28-31-24(22-15-21(29)10-12-25(22)34-28)16-23(30-31)19-8-7-17-5-3-4-6-18(17)13-19/h3-15,24,28H,16H2,1-2H3/t24-,28+/m0/s1. The summed E-state index contributed by atoms with van der Waals surface area (Å²) in [6.07, 6.45) is 0.357. The summed E-state index contributed by atoms with van der Waals surface area (Å²) in [7, 11) is 3.26. The molecule has 34 heavy (non-hydrogen) atoms. The van der Waals surface area contributed by atoms with Crippen molar-refractivity contribution in [1.29, 1.82) is 0 Å². The van der Waals surface area contributed by atoms with E-state index in [2.05, 4.69) is 42.5 Å². The summed E-state index contributed by atoms with van der Waals surface area (Å²) in [5.41, 5.74) is 4.12. The number of methoxy groups -OCH3 is 2. The molecule has 0 saturated heterocycles. The van der Waals surface area contributed by atoms with Crippen molar-refractivity contribution in [2.75, 3.05) is 14.2 Å². The SMILES string of the molecule is COc1ccc([C@H]2Oc3ccc(Cl)cc3[C@@H]3CC(c4ccc5ccccc5c4)=NN23)cc1OC. The molecule has 0 amide bonds. The van der Waals surface area contributed by atoms with E-state index in [4.69, 9.17) is 30.9 Å². The molecule has 0 saturated carbocycles. The first kappa shape index (κ1) is 20.9. The van der Waals surface area contributed by atoms with Gasteiger partial charge in [0.1, 0.15) is 5.75 Å². The number of fused-ring (bicyclic) bond motifs is 4. The lowest BCUT2D eigenvalue weighted by atomic mass is 9.95. The second-order valence-electron chi connectivity index (χ2n) is 8.48. The second-order valence-corrected chi connectivity index (χ2v) is 8.91. The highest BCUT2D eigenvalue weighted by Gasteiger charge is 2.41. The van der Waals surface area contributed by atoms with Gasteiger partial charge in [0.25, 0.3) is 0 Å². The van der Waals surface area contributed by atoms with Crippen LogP contribution in [0.3, 0.4) is 0 Å². The molecule has 0 spiro atoms. The van der Waals surface area contributed by atoms with Crippen LogP contribution < -0.4 is 14.2 Å². The Morgan fingerprint density at radius 3 is 2.53 bits per heavy atom. The van der Waals surface area contributed by atoms with E-state index in [-0.39, 0.29) is 6.04 Å². The lowest BCUT2D eigenvalue weighted by molar-refractivity contribution is -0.0191. The Morgan fingerprint density at radius 2 is 1.71 bits per heavy atom. The predicted octanol–water partition coefficient (Wildman–Crippen LogP) is 6.75. The molecule has 0 aromatic heterocycles. The van der Waals surface area contributed by atoms with Gasteiger partial charge in [0.05, 0.1) is 26.0 Å². The number of hydrazone groups is 1. The maximum Gasteiger partial charge on any atom is 0.214 e. The highest BCUT2D eigenvalue weighted by molar-refractivity contribution is 6.30. The first-order valence-electron chi connectivity index (χ1n) is 11.2. The smallest absolute Gasteiger partial charge is 0.214 e. The summed E-state index contributed by atoms with van der Waals surface area (Å²) in [5, 5.41) is 10.2. The fraction of sp³-hybridized carbons (Fsp3) is 0.179. The molecule has 2 atom stereocenters. The van der Waals surface area contributed by atoms with Crippen LogP contribution >= 0.6 is 11.6 Å². The zero-order valence-corrected chi connectivity index (χ0v) is 19.6. The van der Waals surface area contributed by atoms with Gasteiger partial charge in [0, 0.05) is 22.6 Å². The highest BCUT2D eigenvalue weighted by Crippen LogP contribution is 2.49. The van der Waals surface area contributed by atoms with Crippen molar-refractivity contribution >= 4 is 28.1 Å². The maximum absolute atomic E-state index is 6.48. The number of benzene rings is 4. The summed E-state index contributed by atoms with van der Waals surface area (Å²) in [6, 6.07) is 26.5. The number of halogens is 1. The Morgan fingerprint density at radius 1 is 0.882 bits per heavy atom. The summed E-state index contributed by atoms with van der Waals surface area (Å²) in [6.45, 7) is 0. The molecule has 170 valence electrons. The molecule has 0 fully saturated rings. The number of hydrogen-bond donors (Lipinski definition) is 0. The first-order chi connectivity index (χ1) is 16.6. The summed E-state index contributed by atoms with van der Waals surface area (Å²) < 4.78 is 17.4. The van der Waals surface area contributed by atoms with E-state index in [1.807, 2.05) is 41.4 Å². The lowest BCUT2D eigenvalue weighted by Crippen LogP contribution is -2.33. The lowest BCUT2D eigenvalue weighted by Gasteiger charge is -2.38. The quantitative estimate of drug-likeness (QED) is 0.331. The van der Waals surface area contributed by atoms with E-state index >= 15 is 0 Å². The van der Waals surface area contributed by atoms with Crippen LogP contribution in [-0.4, -0.2) is 24.9 Å². The van der Waals surface area contributed by atoms with Gasteiger partial charge in [-0.15, -0.1) is 0 Å². The van der Waals surface area contributed by atoms with Crippen molar-refractivity contribution in [3.63, 3.8) is 0 Å². The minimum atomic E-state index is -0.406. The van der Waals surface area contributed by atoms with Gasteiger partial charge < -0.3 is 14.2 Å². The van der Waals surface area contributed by atoms with Crippen LogP contribution in [0.15, 0.2) is 84.0 Å². The number of nitrogens with zero attached hydrogens (tertiary/aromatic N) is 2. The maximum atomic E-state index is 6.48. The van der Waals surface area contributed by atoms with Gasteiger partial charge in [-0.1, -0.05) is 48.0 Å². The van der Waals surface area contributed by atoms with Crippen LogP contribution in [-0.2, 0) is 0 Å². The van der Waals surface area contributed by atoms with Gasteiger partial charge in [-0.2, -0.15) is 5.10 Å². The fourth-order valence-corrected chi connectivity index (χ4v) is 5.01. The van der Waals surface area contributed by atoms with Crippen LogP contribution in [0.1, 0.15) is 35.4 Å². The third kappa shape index (κ3) is 3.44. The van der Waals surface area contributed by atoms with Crippen molar-refractivity contribution in [1.82, 2.24) is 5.01 Å². The molecule has 4 aromatic carbocycles. The largest absolute Gasteiger partial charge is 0.493 e. The predicted molar refractivity (Wildman–Crippen MR) is 134 cm³/mol.